The van der Waals surface area contributed by atoms with Crippen molar-refractivity contribution in [2.24, 2.45) is 17.8 Å². The number of amides is 1. The van der Waals surface area contributed by atoms with E-state index in [2.05, 4.69) is 17.1 Å². The highest BCUT2D eigenvalue weighted by molar-refractivity contribution is 5.82. The Morgan fingerprint density at radius 3 is 2.86 bits per heavy atom. The molecule has 2 heterocycles. The summed E-state index contributed by atoms with van der Waals surface area (Å²) in [6, 6.07) is 0.605. The van der Waals surface area contributed by atoms with Crippen molar-refractivity contribution < 1.29 is 4.79 Å². The topological polar surface area (TPSA) is 32.3 Å². The number of fused-ring (bicyclic) bond motifs is 1. The normalized spacial score (nSPS) is 45.4. The predicted molar refractivity (Wildman–Crippen MR) is 53.7 cm³/mol. The van der Waals surface area contributed by atoms with Gasteiger partial charge in [0.2, 0.25) is 5.91 Å². The number of hydrogen-bond donors (Lipinski definition) is 1. The van der Waals surface area contributed by atoms with Crippen molar-refractivity contribution in [3.63, 3.8) is 0 Å². The lowest BCUT2D eigenvalue weighted by atomic mass is 10.1. The van der Waals surface area contributed by atoms with Crippen molar-refractivity contribution in [1.82, 2.24) is 10.2 Å². The van der Waals surface area contributed by atoms with Crippen LogP contribution in [0.25, 0.3) is 0 Å². The molecule has 2 saturated heterocycles. The number of nitrogens with one attached hydrogen (secondary N) is 1. The number of nitrogens with zero attached hydrogens (tertiary/aromatic N) is 1. The molecule has 0 bridgehead atoms. The van der Waals surface area contributed by atoms with Gasteiger partial charge in [-0.3, -0.25) is 4.79 Å². The Kier molecular flexibility index (Phi) is 1.84. The monoisotopic (exact) mass is 194 g/mol. The molecule has 14 heavy (non-hydrogen) atoms. The molecule has 0 aromatic heterocycles. The zero-order chi connectivity index (χ0) is 9.71. The Bertz CT molecular complexity index is 254. The fraction of sp³-hybridized carbons (Fsp3) is 0.909. The van der Waals surface area contributed by atoms with Gasteiger partial charge >= 0.3 is 0 Å². The summed E-state index contributed by atoms with van der Waals surface area (Å²) < 4.78 is 0. The second-order valence-corrected chi connectivity index (χ2v) is 5.17. The van der Waals surface area contributed by atoms with Crippen LogP contribution in [0.5, 0.6) is 0 Å². The molecular weight excluding hydrogens is 176 g/mol. The van der Waals surface area contributed by atoms with Gasteiger partial charge in [0.1, 0.15) is 0 Å². The number of hydrogen-bond acceptors (Lipinski definition) is 2. The lowest BCUT2D eigenvalue weighted by molar-refractivity contribution is -0.132. The van der Waals surface area contributed by atoms with E-state index >= 15 is 0 Å². The third-order valence-electron chi connectivity index (χ3n) is 4.10. The van der Waals surface area contributed by atoms with E-state index in [9.17, 15) is 4.79 Å². The zero-order valence-corrected chi connectivity index (χ0v) is 8.70. The van der Waals surface area contributed by atoms with E-state index in [0.29, 0.717) is 23.8 Å². The van der Waals surface area contributed by atoms with Crippen LogP contribution in [0.1, 0.15) is 19.8 Å². The molecule has 3 rings (SSSR count). The van der Waals surface area contributed by atoms with Crippen LogP contribution in [0.2, 0.25) is 0 Å². The average Bonchev–Trinajstić information content (AvgIpc) is 2.62. The van der Waals surface area contributed by atoms with E-state index in [1.807, 2.05) is 0 Å². The summed E-state index contributed by atoms with van der Waals surface area (Å²) in [6.07, 6.45) is 2.38. The molecule has 1 aliphatic carbocycles. The van der Waals surface area contributed by atoms with Gasteiger partial charge < -0.3 is 10.2 Å². The van der Waals surface area contributed by atoms with E-state index in [1.165, 1.54) is 6.42 Å². The molecule has 3 fully saturated rings. The molecule has 0 radical (unpaired) electrons. The summed E-state index contributed by atoms with van der Waals surface area (Å²) in [5.41, 5.74) is 0. The Hall–Kier alpha value is -0.570. The van der Waals surface area contributed by atoms with Crippen molar-refractivity contribution in [2.75, 3.05) is 19.6 Å². The van der Waals surface area contributed by atoms with Gasteiger partial charge in [-0.15, -0.1) is 0 Å². The highest BCUT2D eigenvalue weighted by Crippen LogP contribution is 2.40. The molecule has 1 amide bonds. The van der Waals surface area contributed by atoms with Gasteiger partial charge in [0.05, 0.1) is 0 Å². The minimum absolute atomic E-state index is 0.369. The first-order valence-corrected chi connectivity index (χ1v) is 5.78. The summed E-state index contributed by atoms with van der Waals surface area (Å²) in [5.74, 6) is 2.19. The summed E-state index contributed by atoms with van der Waals surface area (Å²) in [6.45, 7) is 5.31. The molecule has 0 aromatic carbocycles. The molecule has 4 atom stereocenters. The fourth-order valence-corrected chi connectivity index (χ4v) is 2.93. The SMILES string of the molecule is C[C@H]1C[C@@H]1C(=O)N1C[C@H]2CCN[C@H]2C1. The maximum absolute atomic E-state index is 11.9. The Morgan fingerprint density at radius 2 is 2.21 bits per heavy atom. The van der Waals surface area contributed by atoms with Crippen LogP contribution < -0.4 is 5.32 Å². The molecule has 2 aliphatic heterocycles. The number of rotatable bonds is 1. The minimum Gasteiger partial charge on any atom is -0.341 e. The zero-order valence-electron chi connectivity index (χ0n) is 8.70. The maximum Gasteiger partial charge on any atom is 0.226 e. The molecule has 0 spiro atoms. The minimum atomic E-state index is 0.369. The van der Waals surface area contributed by atoms with Crippen molar-refractivity contribution in [3.05, 3.63) is 0 Å². The largest absolute Gasteiger partial charge is 0.341 e. The first-order chi connectivity index (χ1) is 6.75. The predicted octanol–water partition coefficient (Wildman–Crippen LogP) is 0.463. The smallest absolute Gasteiger partial charge is 0.226 e. The van der Waals surface area contributed by atoms with E-state index in [1.54, 1.807) is 0 Å². The lowest BCUT2D eigenvalue weighted by Crippen LogP contribution is -2.35. The third kappa shape index (κ3) is 1.26. The van der Waals surface area contributed by atoms with Crippen molar-refractivity contribution in [1.29, 1.82) is 0 Å². The van der Waals surface area contributed by atoms with E-state index in [0.717, 1.165) is 32.0 Å². The average molecular weight is 194 g/mol. The van der Waals surface area contributed by atoms with Crippen LogP contribution in [-0.4, -0.2) is 36.5 Å². The highest BCUT2D eigenvalue weighted by Gasteiger charge is 2.45. The van der Waals surface area contributed by atoms with Gasteiger partial charge in [0.25, 0.3) is 0 Å². The highest BCUT2D eigenvalue weighted by atomic mass is 16.2. The Morgan fingerprint density at radius 1 is 1.43 bits per heavy atom. The summed E-state index contributed by atoms with van der Waals surface area (Å²) in [5, 5.41) is 3.48. The van der Waals surface area contributed by atoms with Gasteiger partial charge in [0, 0.05) is 25.0 Å². The van der Waals surface area contributed by atoms with Crippen LogP contribution in [-0.2, 0) is 4.79 Å². The summed E-state index contributed by atoms with van der Waals surface area (Å²) in [7, 11) is 0. The molecule has 1 N–H and O–H groups in total. The molecule has 0 unspecified atom stereocenters. The van der Waals surface area contributed by atoms with Gasteiger partial charge in [0.15, 0.2) is 0 Å². The molecule has 3 aliphatic rings. The van der Waals surface area contributed by atoms with E-state index < -0.39 is 0 Å². The van der Waals surface area contributed by atoms with Gasteiger partial charge in [-0.2, -0.15) is 0 Å². The molecule has 0 aromatic rings. The van der Waals surface area contributed by atoms with Crippen molar-refractivity contribution in [3.8, 4) is 0 Å². The van der Waals surface area contributed by atoms with Gasteiger partial charge in [-0.05, 0) is 31.2 Å². The van der Waals surface area contributed by atoms with Crippen LogP contribution in [0, 0.1) is 17.8 Å². The van der Waals surface area contributed by atoms with Crippen LogP contribution in [0.15, 0.2) is 0 Å². The fourth-order valence-electron chi connectivity index (χ4n) is 2.93. The Balaban J connectivity index is 1.62. The van der Waals surface area contributed by atoms with Crippen molar-refractivity contribution >= 4 is 5.91 Å². The van der Waals surface area contributed by atoms with E-state index in [4.69, 9.17) is 0 Å². The van der Waals surface area contributed by atoms with Gasteiger partial charge in [-0.1, -0.05) is 6.92 Å². The second-order valence-electron chi connectivity index (χ2n) is 5.17. The van der Waals surface area contributed by atoms with Crippen LogP contribution >= 0.6 is 0 Å². The standard InChI is InChI=1S/C11H18N2O/c1-7-4-9(7)11(14)13-5-8-2-3-12-10(8)6-13/h7-10,12H,2-6H2,1H3/t7-,8+,9-,10-/m0/s1. The van der Waals surface area contributed by atoms with Crippen molar-refractivity contribution in [2.45, 2.75) is 25.8 Å². The summed E-state index contributed by atoms with van der Waals surface area (Å²) in [4.78, 5) is 14.0. The number of carbonyl (C=O) groups excluding carboxylic acids is 1. The molecule has 3 heteroatoms. The lowest BCUT2D eigenvalue weighted by Gasteiger charge is -2.17. The summed E-state index contributed by atoms with van der Waals surface area (Å²) >= 11 is 0. The first-order valence-electron chi connectivity index (χ1n) is 5.78. The first kappa shape index (κ1) is 8.72. The number of carbonyl (C=O) groups is 1. The maximum atomic E-state index is 11.9. The number of likely N-dealkylation sites (tertiary alicyclic amines) is 1. The van der Waals surface area contributed by atoms with Crippen LogP contribution in [0.4, 0.5) is 0 Å². The second kappa shape index (κ2) is 2.96. The molecule has 3 nitrogen and oxygen atoms in total. The van der Waals surface area contributed by atoms with Crippen LogP contribution in [0.3, 0.4) is 0 Å². The molecule has 1 saturated carbocycles. The molecular formula is C11H18N2O. The van der Waals surface area contributed by atoms with E-state index in [-0.39, 0.29) is 0 Å². The quantitative estimate of drug-likeness (QED) is 0.658. The van der Waals surface area contributed by atoms with Gasteiger partial charge in [-0.25, -0.2) is 0 Å². The Labute approximate surface area is 84.8 Å². The third-order valence-corrected chi connectivity index (χ3v) is 4.10. The molecule has 78 valence electrons.